The maximum atomic E-state index is 12.3. The smallest absolute Gasteiger partial charge is 0.307 e. The van der Waals surface area contributed by atoms with Crippen molar-refractivity contribution in [2.45, 2.75) is 30.7 Å². The zero-order chi connectivity index (χ0) is 16.6. The molecule has 1 aromatic carbocycles. The van der Waals surface area contributed by atoms with Crippen molar-refractivity contribution in [1.82, 2.24) is 4.72 Å². The van der Waals surface area contributed by atoms with E-state index >= 15 is 0 Å². The molecule has 1 rings (SSSR count). The largest absolute Gasteiger partial charge is 0.497 e. The van der Waals surface area contributed by atoms with Gasteiger partial charge in [-0.25, -0.2) is 13.1 Å². The third-order valence-electron chi connectivity index (χ3n) is 2.76. The molecule has 1 unspecified atom stereocenters. The number of ether oxygens (including phenoxy) is 2. The minimum absolute atomic E-state index is 0.0396. The van der Waals surface area contributed by atoms with E-state index in [1.165, 1.54) is 19.2 Å². The Kier molecular flexibility index (Phi) is 6.89. The highest BCUT2D eigenvalue weighted by Gasteiger charge is 2.22. The number of sulfonamides is 1. The molecule has 0 amide bonds. The minimum atomic E-state index is -3.81. The van der Waals surface area contributed by atoms with E-state index in [4.69, 9.17) is 15.9 Å². The van der Waals surface area contributed by atoms with Gasteiger partial charge in [0.05, 0.1) is 25.0 Å². The fourth-order valence-corrected chi connectivity index (χ4v) is 3.05. The first kappa shape index (κ1) is 18.0. The molecular weight excluding hydrogens is 306 g/mol. The molecule has 1 atom stereocenters. The van der Waals surface area contributed by atoms with E-state index in [9.17, 15) is 13.2 Å². The molecule has 6 nitrogen and oxygen atoms in total. The van der Waals surface area contributed by atoms with E-state index in [0.29, 0.717) is 5.75 Å². The van der Waals surface area contributed by atoms with E-state index in [1.807, 2.05) is 0 Å². The first-order valence-electron chi connectivity index (χ1n) is 6.68. The Hall–Kier alpha value is -2.04. The summed E-state index contributed by atoms with van der Waals surface area (Å²) in [6.45, 7) is 1.90. The third kappa shape index (κ3) is 5.39. The Balaban J connectivity index is 2.90. The number of hydrogen-bond donors (Lipinski definition) is 1. The number of nitrogens with one attached hydrogen (secondary N) is 1. The lowest BCUT2D eigenvalue weighted by molar-refractivity contribution is -0.143. The Morgan fingerprint density at radius 3 is 2.77 bits per heavy atom. The van der Waals surface area contributed by atoms with E-state index in [-0.39, 0.29) is 24.3 Å². The van der Waals surface area contributed by atoms with E-state index in [2.05, 4.69) is 10.6 Å². The van der Waals surface area contributed by atoms with Gasteiger partial charge in [0, 0.05) is 18.5 Å². The highest BCUT2D eigenvalue weighted by atomic mass is 32.2. The van der Waals surface area contributed by atoms with Gasteiger partial charge in [-0.1, -0.05) is 6.07 Å². The zero-order valence-corrected chi connectivity index (χ0v) is 13.4. The average Bonchev–Trinajstić information content (AvgIpc) is 2.47. The van der Waals surface area contributed by atoms with Crippen LogP contribution in [0.15, 0.2) is 29.2 Å². The quantitative estimate of drug-likeness (QED) is 0.576. The number of benzene rings is 1. The normalized spacial score (nSPS) is 12.2. The number of carbonyl (C=O) groups excluding carboxylic acids is 1. The summed E-state index contributed by atoms with van der Waals surface area (Å²) in [4.78, 5) is 11.5. The van der Waals surface area contributed by atoms with Crippen LogP contribution in [-0.2, 0) is 19.6 Å². The van der Waals surface area contributed by atoms with Crippen LogP contribution in [0.5, 0.6) is 5.75 Å². The highest BCUT2D eigenvalue weighted by Crippen LogP contribution is 2.18. The molecule has 0 bridgehead atoms. The topological polar surface area (TPSA) is 81.7 Å². The maximum Gasteiger partial charge on any atom is 0.307 e. The predicted octanol–water partition coefficient (Wildman–Crippen LogP) is 1.32. The van der Waals surface area contributed by atoms with Gasteiger partial charge in [0.15, 0.2) is 0 Å². The molecule has 1 aromatic rings. The van der Waals surface area contributed by atoms with Crippen LogP contribution in [0.4, 0.5) is 0 Å². The van der Waals surface area contributed by atoms with Crippen molar-refractivity contribution in [3.8, 4) is 18.1 Å². The fourth-order valence-electron chi connectivity index (χ4n) is 1.77. The molecule has 0 radical (unpaired) electrons. The first-order valence-corrected chi connectivity index (χ1v) is 8.16. The van der Waals surface area contributed by atoms with E-state index < -0.39 is 22.0 Å². The summed E-state index contributed by atoms with van der Waals surface area (Å²) in [5.74, 6) is 2.27. The molecule has 0 aromatic heterocycles. The van der Waals surface area contributed by atoms with Crippen molar-refractivity contribution in [2.24, 2.45) is 0 Å². The summed E-state index contributed by atoms with van der Waals surface area (Å²) in [5.41, 5.74) is 0. The summed E-state index contributed by atoms with van der Waals surface area (Å²) in [6, 6.07) is 5.30. The van der Waals surface area contributed by atoms with E-state index in [0.717, 1.165) is 0 Å². The van der Waals surface area contributed by atoms with Gasteiger partial charge < -0.3 is 9.47 Å². The zero-order valence-electron chi connectivity index (χ0n) is 12.5. The summed E-state index contributed by atoms with van der Waals surface area (Å²) in [6.07, 6.45) is 5.19. The number of methoxy groups -OCH3 is 1. The van der Waals surface area contributed by atoms with Gasteiger partial charge in [0.25, 0.3) is 0 Å². The van der Waals surface area contributed by atoms with Gasteiger partial charge in [0.2, 0.25) is 10.0 Å². The summed E-state index contributed by atoms with van der Waals surface area (Å²) in [5, 5.41) is 0. The van der Waals surface area contributed by atoms with Crippen molar-refractivity contribution >= 4 is 16.0 Å². The molecule has 120 valence electrons. The van der Waals surface area contributed by atoms with Crippen LogP contribution in [-0.4, -0.2) is 34.1 Å². The molecule has 0 aliphatic rings. The van der Waals surface area contributed by atoms with Gasteiger partial charge in [-0.3, -0.25) is 4.79 Å². The number of rotatable bonds is 8. The van der Waals surface area contributed by atoms with Crippen molar-refractivity contribution in [2.75, 3.05) is 13.7 Å². The fraction of sp³-hybridized carbons (Fsp3) is 0.400. The van der Waals surface area contributed by atoms with Gasteiger partial charge in [-0.05, 0) is 19.1 Å². The number of carbonyl (C=O) groups is 1. The monoisotopic (exact) mass is 325 g/mol. The average molecular weight is 325 g/mol. The molecule has 0 heterocycles. The molecule has 0 aliphatic carbocycles. The van der Waals surface area contributed by atoms with Crippen LogP contribution in [0, 0.1) is 12.3 Å². The molecule has 0 fully saturated rings. The lowest BCUT2D eigenvalue weighted by atomic mass is 10.1. The van der Waals surface area contributed by atoms with Gasteiger partial charge in [-0.15, -0.1) is 12.3 Å². The van der Waals surface area contributed by atoms with Crippen molar-refractivity contribution in [1.29, 1.82) is 0 Å². The molecule has 1 N–H and O–H groups in total. The molecule has 7 heteroatoms. The summed E-state index contributed by atoms with van der Waals surface area (Å²) >= 11 is 0. The van der Waals surface area contributed by atoms with Crippen molar-refractivity contribution in [3.05, 3.63) is 24.3 Å². The lowest BCUT2D eigenvalue weighted by Crippen LogP contribution is -2.36. The molecule has 0 spiro atoms. The molecule has 22 heavy (non-hydrogen) atoms. The molecule has 0 saturated heterocycles. The SMILES string of the molecule is C#CCC(CC(=O)OCC)NS(=O)(=O)c1cccc(OC)c1. The van der Waals surface area contributed by atoms with Gasteiger partial charge in [0.1, 0.15) is 5.75 Å². The van der Waals surface area contributed by atoms with Crippen molar-refractivity contribution in [3.63, 3.8) is 0 Å². The number of hydrogen-bond acceptors (Lipinski definition) is 5. The van der Waals surface area contributed by atoms with Crippen LogP contribution in [0.2, 0.25) is 0 Å². The molecule has 0 aliphatic heterocycles. The van der Waals surface area contributed by atoms with Crippen LogP contribution in [0.25, 0.3) is 0 Å². The summed E-state index contributed by atoms with van der Waals surface area (Å²) < 4.78 is 36.9. The first-order chi connectivity index (χ1) is 10.4. The number of esters is 1. The van der Waals surface area contributed by atoms with Crippen molar-refractivity contribution < 1.29 is 22.7 Å². The van der Waals surface area contributed by atoms with Crippen LogP contribution < -0.4 is 9.46 Å². The highest BCUT2D eigenvalue weighted by molar-refractivity contribution is 7.89. The number of terminal acetylenes is 1. The second-order valence-electron chi connectivity index (χ2n) is 4.41. The van der Waals surface area contributed by atoms with Crippen LogP contribution in [0.3, 0.4) is 0 Å². The Labute approximate surface area is 130 Å². The summed E-state index contributed by atoms with van der Waals surface area (Å²) in [7, 11) is -2.36. The lowest BCUT2D eigenvalue weighted by Gasteiger charge is -2.16. The third-order valence-corrected chi connectivity index (χ3v) is 4.27. The maximum absolute atomic E-state index is 12.3. The predicted molar refractivity (Wildman–Crippen MR) is 81.8 cm³/mol. The Morgan fingerprint density at radius 1 is 1.45 bits per heavy atom. The minimum Gasteiger partial charge on any atom is -0.497 e. The van der Waals surface area contributed by atoms with Gasteiger partial charge >= 0.3 is 5.97 Å². The second kappa shape index (κ2) is 8.41. The molecule has 0 saturated carbocycles. The standard InChI is InChI=1S/C15H19NO5S/c1-4-7-12(10-15(17)21-5-2)16-22(18,19)14-9-6-8-13(11-14)20-3/h1,6,8-9,11-12,16H,5,7,10H2,2-3H3. The Bertz CT molecular complexity index is 648. The second-order valence-corrected chi connectivity index (χ2v) is 6.13. The van der Waals surface area contributed by atoms with E-state index in [1.54, 1.807) is 19.1 Å². The van der Waals surface area contributed by atoms with Crippen LogP contribution >= 0.6 is 0 Å². The molecular formula is C15H19NO5S. The Morgan fingerprint density at radius 2 is 2.18 bits per heavy atom. The van der Waals surface area contributed by atoms with Crippen LogP contribution in [0.1, 0.15) is 19.8 Å². The van der Waals surface area contributed by atoms with Gasteiger partial charge in [-0.2, -0.15) is 0 Å².